The summed E-state index contributed by atoms with van der Waals surface area (Å²) >= 11 is 1.36. The second kappa shape index (κ2) is 9.24. The first kappa shape index (κ1) is 16.2. The third-order valence-electron chi connectivity index (χ3n) is 2.76. The van der Waals surface area contributed by atoms with E-state index in [-0.39, 0.29) is 6.10 Å². The van der Waals surface area contributed by atoms with Crippen molar-refractivity contribution in [2.75, 3.05) is 27.0 Å². The Labute approximate surface area is 104 Å². The van der Waals surface area contributed by atoms with Gasteiger partial charge in [0.1, 0.15) is 0 Å². The zero-order valence-electron chi connectivity index (χ0n) is 11.0. The van der Waals surface area contributed by atoms with Gasteiger partial charge in [0.05, 0.1) is 13.2 Å². The van der Waals surface area contributed by atoms with Crippen molar-refractivity contribution < 1.29 is 14.0 Å². The number of aliphatic hydroxyl groups excluding tert-OH is 1. The van der Waals surface area contributed by atoms with Crippen molar-refractivity contribution in [3.8, 4) is 0 Å². The van der Waals surface area contributed by atoms with Crippen LogP contribution in [0.25, 0.3) is 0 Å². The molecule has 0 amide bonds. The highest BCUT2D eigenvalue weighted by atomic mass is 32.2. The topological polar surface area (TPSA) is 41.9 Å². The average Bonchev–Trinajstić information content (AvgIpc) is 2.27. The van der Waals surface area contributed by atoms with Crippen LogP contribution >= 0.6 is 12.0 Å². The molecule has 0 saturated carbocycles. The van der Waals surface area contributed by atoms with Crippen LogP contribution in [0.15, 0.2) is 0 Å². The molecule has 0 aromatic heterocycles. The van der Waals surface area contributed by atoms with E-state index in [4.69, 9.17) is 4.74 Å². The Bertz CT molecular complexity index is 159. The van der Waals surface area contributed by atoms with E-state index in [0.717, 1.165) is 19.4 Å². The molecule has 4 nitrogen and oxygen atoms in total. The van der Waals surface area contributed by atoms with Gasteiger partial charge < -0.3 is 18.9 Å². The third kappa shape index (κ3) is 6.70. The molecule has 98 valence electrons. The van der Waals surface area contributed by atoms with E-state index in [1.54, 1.807) is 7.11 Å². The van der Waals surface area contributed by atoms with Gasteiger partial charge in [-0.1, -0.05) is 6.92 Å². The van der Waals surface area contributed by atoms with Crippen LogP contribution in [0.3, 0.4) is 0 Å². The number of rotatable bonds is 3. The number of hydrogen-bond donors (Lipinski definition) is 1. The van der Waals surface area contributed by atoms with E-state index < -0.39 is 6.29 Å². The molecule has 1 aliphatic heterocycles. The molecule has 3 unspecified atom stereocenters. The van der Waals surface area contributed by atoms with Crippen LogP contribution in [-0.2, 0) is 8.92 Å². The summed E-state index contributed by atoms with van der Waals surface area (Å²) < 4.78 is 9.70. The van der Waals surface area contributed by atoms with Crippen molar-refractivity contribution in [2.24, 2.45) is 0 Å². The summed E-state index contributed by atoms with van der Waals surface area (Å²) in [4.78, 5) is 2.27. The maximum Gasteiger partial charge on any atom is 0.156 e. The first-order chi connectivity index (χ1) is 7.54. The van der Waals surface area contributed by atoms with Gasteiger partial charge >= 0.3 is 0 Å². The van der Waals surface area contributed by atoms with Crippen LogP contribution in [0.2, 0.25) is 0 Å². The lowest BCUT2D eigenvalue weighted by Crippen LogP contribution is -2.43. The minimum atomic E-state index is -0.562. The quantitative estimate of drug-likeness (QED) is 0.774. The molecule has 0 radical (unpaired) electrons. The summed E-state index contributed by atoms with van der Waals surface area (Å²) in [6, 6.07) is 0.480. The van der Waals surface area contributed by atoms with Crippen LogP contribution in [0.5, 0.6) is 0 Å². The predicted octanol–water partition coefficient (Wildman–Crippen LogP) is 1.73. The Morgan fingerprint density at radius 2 is 2.06 bits per heavy atom. The molecule has 16 heavy (non-hydrogen) atoms. The van der Waals surface area contributed by atoms with Crippen molar-refractivity contribution in [1.29, 1.82) is 0 Å². The summed E-state index contributed by atoms with van der Waals surface area (Å²) in [6.45, 7) is 5.18. The zero-order valence-corrected chi connectivity index (χ0v) is 11.8. The molecule has 0 spiro atoms. The predicted molar refractivity (Wildman–Crippen MR) is 68.4 cm³/mol. The Morgan fingerprint density at radius 3 is 2.44 bits per heavy atom. The maximum atomic E-state index is 9.35. The highest BCUT2D eigenvalue weighted by Gasteiger charge is 2.27. The van der Waals surface area contributed by atoms with Gasteiger partial charge in [0.25, 0.3) is 0 Å². The SMILES string of the molecule is CCN(C)C1CC(C)OC(O)C1.COSC. The second-order valence-corrected chi connectivity index (χ2v) is 4.60. The molecule has 1 rings (SSSR count). The van der Waals surface area contributed by atoms with Gasteiger partial charge in [-0.2, -0.15) is 0 Å². The smallest absolute Gasteiger partial charge is 0.156 e. The van der Waals surface area contributed by atoms with Gasteiger partial charge in [-0.15, -0.1) is 0 Å². The van der Waals surface area contributed by atoms with Crippen LogP contribution < -0.4 is 0 Å². The number of ether oxygens (including phenoxy) is 1. The fourth-order valence-corrected chi connectivity index (χ4v) is 1.71. The van der Waals surface area contributed by atoms with E-state index in [9.17, 15) is 5.11 Å². The van der Waals surface area contributed by atoms with Gasteiger partial charge in [-0.25, -0.2) is 0 Å². The van der Waals surface area contributed by atoms with Crippen molar-refractivity contribution in [2.45, 2.75) is 45.1 Å². The fourth-order valence-electron chi connectivity index (χ4n) is 1.71. The van der Waals surface area contributed by atoms with E-state index >= 15 is 0 Å². The lowest BCUT2D eigenvalue weighted by atomic mass is 10.0. The summed E-state index contributed by atoms with van der Waals surface area (Å²) in [6.07, 6.45) is 3.27. The fraction of sp³-hybridized carbons (Fsp3) is 1.00. The molecule has 3 atom stereocenters. The largest absolute Gasteiger partial charge is 0.368 e. The minimum Gasteiger partial charge on any atom is -0.368 e. The molecule has 0 bridgehead atoms. The van der Waals surface area contributed by atoms with Crippen molar-refractivity contribution in [1.82, 2.24) is 4.90 Å². The van der Waals surface area contributed by atoms with Crippen molar-refractivity contribution >= 4 is 12.0 Å². The molecule has 0 aliphatic carbocycles. The average molecular weight is 251 g/mol. The molecule has 0 aromatic carbocycles. The van der Waals surface area contributed by atoms with E-state index in [1.807, 2.05) is 13.2 Å². The summed E-state index contributed by atoms with van der Waals surface area (Å²) in [5, 5.41) is 9.35. The van der Waals surface area contributed by atoms with E-state index in [1.165, 1.54) is 12.0 Å². The number of aliphatic hydroxyl groups is 1. The number of hydrogen-bond acceptors (Lipinski definition) is 5. The molecule has 1 saturated heterocycles. The molecular weight excluding hydrogens is 226 g/mol. The highest BCUT2D eigenvalue weighted by molar-refractivity contribution is 7.93. The zero-order chi connectivity index (χ0) is 12.6. The lowest BCUT2D eigenvalue weighted by molar-refractivity contribution is -0.173. The standard InChI is InChI=1S/C9H19NO2.C2H6OS/c1-4-10(3)8-5-7(2)12-9(11)6-8;1-3-4-2/h7-9,11H,4-6H2,1-3H3;1-2H3. The summed E-state index contributed by atoms with van der Waals surface area (Å²) in [7, 11) is 3.74. The molecule has 1 fully saturated rings. The molecule has 5 heteroatoms. The molecule has 1 heterocycles. The Kier molecular flexibility index (Phi) is 9.35. The Hall–Kier alpha value is 0.190. The summed E-state index contributed by atoms with van der Waals surface area (Å²) in [5.74, 6) is 0. The van der Waals surface area contributed by atoms with Crippen molar-refractivity contribution in [3.05, 3.63) is 0 Å². The van der Waals surface area contributed by atoms with E-state index in [2.05, 4.69) is 23.1 Å². The third-order valence-corrected chi connectivity index (χ3v) is 3.09. The van der Waals surface area contributed by atoms with Gasteiger partial charge in [0.15, 0.2) is 6.29 Å². The van der Waals surface area contributed by atoms with Gasteiger partial charge in [0.2, 0.25) is 0 Å². The van der Waals surface area contributed by atoms with Gasteiger partial charge in [-0.3, -0.25) is 0 Å². The molecule has 1 aliphatic rings. The first-order valence-corrected chi connectivity index (χ1v) is 6.80. The van der Waals surface area contributed by atoms with Crippen LogP contribution in [0.1, 0.15) is 26.7 Å². The van der Waals surface area contributed by atoms with Gasteiger partial charge in [0, 0.05) is 18.7 Å². The van der Waals surface area contributed by atoms with Crippen LogP contribution in [-0.4, -0.2) is 55.4 Å². The second-order valence-electron chi connectivity index (χ2n) is 3.93. The summed E-state index contributed by atoms with van der Waals surface area (Å²) in [5.41, 5.74) is 0. The Balaban J connectivity index is 0.000000487. The highest BCUT2D eigenvalue weighted by Crippen LogP contribution is 2.21. The van der Waals surface area contributed by atoms with Crippen LogP contribution in [0.4, 0.5) is 0 Å². The number of nitrogens with zero attached hydrogens (tertiary/aromatic N) is 1. The monoisotopic (exact) mass is 251 g/mol. The normalized spacial score (nSPS) is 29.8. The first-order valence-electron chi connectivity index (χ1n) is 5.65. The molecule has 0 aromatic rings. The maximum absolute atomic E-state index is 9.35. The lowest BCUT2D eigenvalue weighted by Gasteiger charge is -2.36. The molecule has 1 N–H and O–H groups in total. The van der Waals surface area contributed by atoms with Crippen molar-refractivity contribution in [3.63, 3.8) is 0 Å². The Morgan fingerprint density at radius 1 is 1.50 bits per heavy atom. The van der Waals surface area contributed by atoms with E-state index in [0.29, 0.717) is 6.04 Å². The molecular formula is C11H25NO3S. The minimum absolute atomic E-state index is 0.188. The van der Waals surface area contributed by atoms with Crippen LogP contribution in [0, 0.1) is 0 Å². The van der Waals surface area contributed by atoms with Gasteiger partial charge in [-0.05, 0) is 39.0 Å².